The molecule has 32 heavy (non-hydrogen) atoms. The van der Waals surface area contributed by atoms with Gasteiger partial charge in [-0.2, -0.15) is 9.97 Å². The van der Waals surface area contributed by atoms with Gasteiger partial charge in [0.25, 0.3) is 0 Å². The second kappa shape index (κ2) is 10.0. The summed E-state index contributed by atoms with van der Waals surface area (Å²) in [6.45, 7) is 2.35. The highest BCUT2D eigenvalue weighted by molar-refractivity contribution is 5.84. The number of phenols is 1. The molecule has 0 saturated heterocycles. The van der Waals surface area contributed by atoms with Crippen LogP contribution >= 0.6 is 0 Å². The first-order valence-electron chi connectivity index (χ1n) is 11.3. The molecule has 1 aliphatic carbocycles. The highest BCUT2D eigenvalue weighted by atomic mass is 16.5. The fourth-order valence-electron chi connectivity index (χ4n) is 4.20. The first-order valence-corrected chi connectivity index (χ1v) is 11.3. The van der Waals surface area contributed by atoms with Crippen LogP contribution in [0.3, 0.4) is 0 Å². The zero-order chi connectivity index (χ0) is 22.5. The molecule has 0 spiro atoms. The molecule has 3 aromatic rings. The molecule has 0 amide bonds. The Labute approximate surface area is 187 Å². The number of aromatic hydroxyl groups is 1. The van der Waals surface area contributed by atoms with Crippen molar-refractivity contribution >= 4 is 22.9 Å². The van der Waals surface area contributed by atoms with Crippen molar-refractivity contribution in [3.05, 3.63) is 30.1 Å². The molecule has 4 N–H and O–H groups in total. The average molecular weight is 441 g/mol. The maximum atomic E-state index is 10.2. The van der Waals surface area contributed by atoms with Crippen LogP contribution in [-0.4, -0.2) is 49.5 Å². The molecule has 9 heteroatoms. The largest absolute Gasteiger partial charge is 0.508 e. The lowest BCUT2D eigenvalue weighted by atomic mass is 9.95. The van der Waals surface area contributed by atoms with Crippen LogP contribution in [0.1, 0.15) is 57.1 Å². The predicted octanol–water partition coefficient (Wildman–Crippen LogP) is 3.84. The van der Waals surface area contributed by atoms with E-state index in [1.165, 1.54) is 19.3 Å². The smallest absolute Gasteiger partial charge is 0.227 e. The second-order valence-electron chi connectivity index (χ2n) is 8.29. The average Bonchev–Trinajstić information content (AvgIpc) is 3.26. The van der Waals surface area contributed by atoms with Crippen molar-refractivity contribution in [2.75, 3.05) is 24.4 Å². The van der Waals surface area contributed by atoms with Crippen LogP contribution in [0.5, 0.6) is 11.5 Å². The molecule has 1 atom stereocenters. The molecule has 1 aromatic carbocycles. The molecule has 4 rings (SSSR count). The predicted molar refractivity (Wildman–Crippen MR) is 124 cm³/mol. The lowest BCUT2D eigenvalue weighted by molar-refractivity contribution is 0.271. The van der Waals surface area contributed by atoms with Gasteiger partial charge in [-0.05, 0) is 37.5 Å². The SMILES string of the molecule is CCC(CO)Nc1nc(NCc2cc(OC)ccc2O)c2ncn(C3CCCCC3)c2n1. The van der Waals surface area contributed by atoms with E-state index < -0.39 is 0 Å². The summed E-state index contributed by atoms with van der Waals surface area (Å²) >= 11 is 0. The van der Waals surface area contributed by atoms with Gasteiger partial charge in [-0.25, -0.2) is 4.98 Å². The van der Waals surface area contributed by atoms with E-state index in [2.05, 4.69) is 25.2 Å². The number of hydrogen-bond acceptors (Lipinski definition) is 8. The number of nitrogens with zero attached hydrogens (tertiary/aromatic N) is 4. The van der Waals surface area contributed by atoms with Gasteiger partial charge in [0, 0.05) is 18.2 Å². The third kappa shape index (κ3) is 4.72. The van der Waals surface area contributed by atoms with Crippen molar-refractivity contribution in [3.63, 3.8) is 0 Å². The summed E-state index contributed by atoms with van der Waals surface area (Å²) in [4.78, 5) is 14.0. The summed E-state index contributed by atoms with van der Waals surface area (Å²) in [5.74, 6) is 1.89. The van der Waals surface area contributed by atoms with Gasteiger partial charge < -0.3 is 30.2 Å². The number of aliphatic hydroxyl groups excluding tert-OH is 1. The normalized spacial score (nSPS) is 15.6. The fourth-order valence-corrected chi connectivity index (χ4v) is 4.20. The number of rotatable bonds is 9. The Balaban J connectivity index is 1.68. The van der Waals surface area contributed by atoms with E-state index in [0.29, 0.717) is 41.2 Å². The van der Waals surface area contributed by atoms with Crippen molar-refractivity contribution in [2.24, 2.45) is 0 Å². The molecule has 172 valence electrons. The number of nitrogens with one attached hydrogen (secondary N) is 2. The van der Waals surface area contributed by atoms with Crippen LogP contribution in [0.15, 0.2) is 24.5 Å². The number of ether oxygens (including phenoxy) is 1. The summed E-state index contributed by atoms with van der Waals surface area (Å²) in [5.41, 5.74) is 2.17. The number of imidazole rings is 1. The lowest BCUT2D eigenvalue weighted by Gasteiger charge is -2.23. The first kappa shape index (κ1) is 22.1. The van der Waals surface area contributed by atoms with E-state index in [1.807, 2.05) is 13.3 Å². The number of hydrogen-bond donors (Lipinski definition) is 4. The van der Waals surface area contributed by atoms with Gasteiger partial charge >= 0.3 is 0 Å². The van der Waals surface area contributed by atoms with Gasteiger partial charge in [-0.1, -0.05) is 26.2 Å². The number of methoxy groups -OCH3 is 1. The van der Waals surface area contributed by atoms with Crippen molar-refractivity contribution in [1.82, 2.24) is 19.5 Å². The molecule has 0 radical (unpaired) electrons. The zero-order valence-electron chi connectivity index (χ0n) is 18.7. The van der Waals surface area contributed by atoms with Gasteiger partial charge in [-0.3, -0.25) is 0 Å². The Morgan fingerprint density at radius 3 is 2.75 bits per heavy atom. The highest BCUT2D eigenvalue weighted by Crippen LogP contribution is 2.32. The Bertz CT molecular complexity index is 1040. The van der Waals surface area contributed by atoms with Crippen LogP contribution in [0.25, 0.3) is 11.2 Å². The van der Waals surface area contributed by atoms with E-state index in [-0.39, 0.29) is 18.4 Å². The van der Waals surface area contributed by atoms with Crippen molar-refractivity contribution < 1.29 is 14.9 Å². The minimum Gasteiger partial charge on any atom is -0.508 e. The van der Waals surface area contributed by atoms with Gasteiger partial charge in [0.2, 0.25) is 5.95 Å². The van der Waals surface area contributed by atoms with Crippen LogP contribution in [0.4, 0.5) is 11.8 Å². The summed E-state index contributed by atoms with van der Waals surface area (Å²) < 4.78 is 7.44. The molecule has 0 bridgehead atoms. The van der Waals surface area contributed by atoms with E-state index in [0.717, 1.165) is 24.9 Å². The molecule has 1 fully saturated rings. The molecule has 1 saturated carbocycles. The third-order valence-corrected chi connectivity index (χ3v) is 6.17. The number of fused-ring (bicyclic) bond motifs is 1. The van der Waals surface area contributed by atoms with Gasteiger partial charge in [0.15, 0.2) is 17.0 Å². The molecule has 2 aromatic heterocycles. The number of phenolic OH excluding ortho intramolecular Hbond substituents is 1. The zero-order valence-corrected chi connectivity index (χ0v) is 18.7. The van der Waals surface area contributed by atoms with Gasteiger partial charge in [0.1, 0.15) is 11.5 Å². The molecule has 0 aliphatic heterocycles. The summed E-state index contributed by atoms with van der Waals surface area (Å²) in [6.07, 6.45) is 8.54. The molecule has 1 aliphatic rings. The molecule has 9 nitrogen and oxygen atoms in total. The summed E-state index contributed by atoms with van der Waals surface area (Å²) in [5, 5.41) is 26.4. The van der Waals surface area contributed by atoms with Gasteiger partial charge in [-0.15, -0.1) is 0 Å². The minimum atomic E-state index is -0.131. The minimum absolute atomic E-state index is 0.000226. The Hall–Kier alpha value is -3.07. The molecule has 1 unspecified atom stereocenters. The summed E-state index contributed by atoms with van der Waals surface area (Å²) in [7, 11) is 1.60. The summed E-state index contributed by atoms with van der Waals surface area (Å²) in [6, 6.07) is 5.37. The topological polar surface area (TPSA) is 117 Å². The molecular formula is C23H32N6O3. The van der Waals surface area contributed by atoms with Gasteiger partial charge in [0.05, 0.1) is 26.1 Å². The first-order chi connectivity index (χ1) is 15.6. The highest BCUT2D eigenvalue weighted by Gasteiger charge is 2.21. The van der Waals surface area contributed by atoms with E-state index in [1.54, 1.807) is 25.3 Å². The van der Waals surface area contributed by atoms with Crippen molar-refractivity contribution in [1.29, 1.82) is 0 Å². The van der Waals surface area contributed by atoms with E-state index in [4.69, 9.17) is 9.72 Å². The van der Waals surface area contributed by atoms with Crippen LogP contribution in [0, 0.1) is 0 Å². The molecule has 2 heterocycles. The lowest BCUT2D eigenvalue weighted by Crippen LogP contribution is -2.24. The Kier molecular flexibility index (Phi) is 6.94. The number of anilines is 2. The van der Waals surface area contributed by atoms with Crippen LogP contribution in [0.2, 0.25) is 0 Å². The van der Waals surface area contributed by atoms with Crippen LogP contribution < -0.4 is 15.4 Å². The molecular weight excluding hydrogens is 408 g/mol. The Morgan fingerprint density at radius 2 is 2.03 bits per heavy atom. The standard InChI is InChI=1S/C23H32N6O3/c1-3-16(13-30)26-23-27-21(24-12-15-11-18(32-2)9-10-19(15)31)20-22(28-23)29(14-25-20)17-7-5-4-6-8-17/h9-11,14,16-17,30-31H,3-8,12-13H2,1-2H3,(H2,24,26,27,28). The monoisotopic (exact) mass is 440 g/mol. The number of aliphatic hydroxyl groups is 1. The van der Waals surface area contributed by atoms with E-state index in [9.17, 15) is 10.2 Å². The third-order valence-electron chi connectivity index (χ3n) is 6.17. The maximum absolute atomic E-state index is 10.2. The maximum Gasteiger partial charge on any atom is 0.227 e. The van der Waals surface area contributed by atoms with Crippen LogP contribution in [-0.2, 0) is 6.54 Å². The van der Waals surface area contributed by atoms with E-state index >= 15 is 0 Å². The van der Waals surface area contributed by atoms with Crippen molar-refractivity contribution in [3.8, 4) is 11.5 Å². The number of benzene rings is 1. The Morgan fingerprint density at radius 1 is 1.22 bits per heavy atom. The van der Waals surface area contributed by atoms with Crippen molar-refractivity contribution in [2.45, 2.75) is 64.1 Å². The second-order valence-corrected chi connectivity index (χ2v) is 8.29. The fraction of sp³-hybridized carbons (Fsp3) is 0.522. The quantitative estimate of drug-likeness (QED) is 0.396. The number of aromatic nitrogens is 4.